The van der Waals surface area contributed by atoms with Gasteiger partial charge in [0, 0.05) is 57.2 Å². The van der Waals surface area contributed by atoms with Gasteiger partial charge in [0.2, 0.25) is 0 Å². The predicted molar refractivity (Wildman–Crippen MR) is 203 cm³/mol. The second-order valence-electron chi connectivity index (χ2n) is 13.8. The minimum atomic E-state index is 1.17. The molecular formula is C44H40N4. The maximum atomic E-state index is 4.02. The Labute approximate surface area is 279 Å². The van der Waals surface area contributed by atoms with Gasteiger partial charge in [0.05, 0.1) is 44.2 Å². The molecule has 4 aromatic carbocycles. The number of nitrogens with one attached hydrogen (secondary N) is 2. The summed E-state index contributed by atoms with van der Waals surface area (Å²) >= 11 is 0. The van der Waals surface area contributed by atoms with Crippen molar-refractivity contribution in [1.29, 1.82) is 0 Å². The van der Waals surface area contributed by atoms with E-state index in [0.717, 1.165) is 0 Å². The van der Waals surface area contributed by atoms with E-state index in [4.69, 9.17) is 0 Å². The lowest BCUT2D eigenvalue weighted by Crippen LogP contribution is -2.27. The van der Waals surface area contributed by atoms with E-state index in [0.29, 0.717) is 0 Å². The molecule has 0 spiro atoms. The van der Waals surface area contributed by atoms with Gasteiger partial charge < -0.3 is 19.1 Å². The third-order valence-electron chi connectivity index (χ3n) is 11.4. The van der Waals surface area contributed by atoms with Gasteiger partial charge in [-0.3, -0.25) is 0 Å². The van der Waals surface area contributed by atoms with Crippen LogP contribution in [-0.4, -0.2) is 19.1 Å². The normalized spacial score (nSPS) is 13.7. The summed E-state index contributed by atoms with van der Waals surface area (Å²) in [6, 6.07) is 31.2. The lowest BCUT2D eigenvalue weighted by Gasteiger charge is -2.07. The smallest absolute Gasteiger partial charge is 0.0542 e. The van der Waals surface area contributed by atoms with Crippen molar-refractivity contribution in [1.82, 2.24) is 19.1 Å². The van der Waals surface area contributed by atoms with E-state index in [1.807, 2.05) is 0 Å². The van der Waals surface area contributed by atoms with E-state index in [1.165, 1.54) is 121 Å². The number of H-pyrrole nitrogens is 2. The monoisotopic (exact) mass is 624 g/mol. The van der Waals surface area contributed by atoms with Gasteiger partial charge in [-0.15, -0.1) is 0 Å². The van der Waals surface area contributed by atoms with E-state index in [-0.39, 0.29) is 0 Å². The molecule has 5 heterocycles. The minimum absolute atomic E-state index is 1.17. The van der Waals surface area contributed by atoms with Crippen LogP contribution in [0.15, 0.2) is 84.9 Å². The molecule has 0 unspecified atom stereocenters. The molecule has 9 rings (SSSR count). The van der Waals surface area contributed by atoms with Crippen LogP contribution in [0, 0.1) is 13.8 Å². The highest BCUT2D eigenvalue weighted by molar-refractivity contribution is 6.04. The largest absolute Gasteiger partial charge is 0.354 e. The van der Waals surface area contributed by atoms with Crippen LogP contribution in [0.3, 0.4) is 0 Å². The number of aromatic nitrogens is 4. The first-order valence-electron chi connectivity index (χ1n) is 16.9. The highest BCUT2D eigenvalue weighted by atomic mass is 15.0. The van der Waals surface area contributed by atoms with Crippen LogP contribution >= 0.6 is 0 Å². The maximum absolute atomic E-state index is 4.02. The molecule has 0 aliphatic carbocycles. The van der Waals surface area contributed by atoms with Gasteiger partial charge in [-0.05, 0) is 75.0 Å². The Hall–Kier alpha value is -5.48. The second kappa shape index (κ2) is 10.0. The molecule has 4 nitrogen and oxygen atoms in total. The van der Waals surface area contributed by atoms with Crippen molar-refractivity contribution in [3.63, 3.8) is 0 Å². The lowest BCUT2D eigenvalue weighted by atomic mass is 9.99. The summed E-state index contributed by atoms with van der Waals surface area (Å²) in [6.07, 6.45) is 0. The Morgan fingerprint density at radius 3 is 1.12 bits per heavy atom. The first kappa shape index (κ1) is 28.7. The molecule has 4 aromatic heterocycles. The number of nitrogens with zero attached hydrogens (tertiary/aromatic N) is 2. The first-order chi connectivity index (χ1) is 23.2. The molecule has 4 heteroatoms. The molecule has 48 heavy (non-hydrogen) atoms. The van der Waals surface area contributed by atoms with Crippen LogP contribution in [0.4, 0.5) is 0 Å². The van der Waals surface area contributed by atoms with Gasteiger partial charge in [-0.25, -0.2) is 0 Å². The van der Waals surface area contributed by atoms with E-state index in [1.54, 1.807) is 0 Å². The lowest BCUT2D eigenvalue weighted by molar-refractivity contribution is 0.854. The van der Waals surface area contributed by atoms with Gasteiger partial charge in [0.15, 0.2) is 0 Å². The molecule has 2 N–H and O–H groups in total. The summed E-state index contributed by atoms with van der Waals surface area (Å²) in [5.41, 5.74) is 12.3. The number of hydrogen-bond acceptors (Lipinski definition) is 0. The zero-order chi connectivity index (χ0) is 33.2. The molecule has 0 saturated carbocycles. The summed E-state index contributed by atoms with van der Waals surface area (Å²) in [6.45, 7) is 13.7. The predicted octanol–water partition coefficient (Wildman–Crippen LogP) is 7.44. The molecule has 8 aromatic rings. The molecule has 0 saturated heterocycles. The molecule has 0 radical (unpaired) electrons. The maximum Gasteiger partial charge on any atom is 0.0542 e. The zero-order valence-corrected chi connectivity index (χ0v) is 29.0. The van der Waals surface area contributed by atoms with Crippen molar-refractivity contribution in [2.45, 2.75) is 41.5 Å². The molecule has 0 atom stereocenters. The standard InChI is InChI=1S/C44H40N4/c1-23-21-22-35-36(24(23)2)44-28(6)40-32-18-12-11-17-31(32)38(46-40)26(4)42-34-20-14-13-19-33(34)41(47(42)7)25(3)37-29-15-9-10-16-30(29)39(45-37)27(5)43(35)48(44)8/h9-22,45-46H,1-8H3. The molecule has 236 valence electrons. The van der Waals surface area contributed by atoms with Crippen molar-refractivity contribution < 1.29 is 0 Å². The van der Waals surface area contributed by atoms with Gasteiger partial charge in [-0.2, -0.15) is 0 Å². The highest BCUT2D eigenvalue weighted by Gasteiger charge is 2.22. The highest BCUT2D eigenvalue weighted by Crippen LogP contribution is 2.33. The van der Waals surface area contributed by atoms with Gasteiger partial charge in [0.25, 0.3) is 0 Å². The number of aromatic amines is 2. The van der Waals surface area contributed by atoms with Crippen LogP contribution in [0.2, 0.25) is 0 Å². The fourth-order valence-electron chi connectivity index (χ4n) is 8.96. The van der Waals surface area contributed by atoms with Crippen LogP contribution < -0.4 is 21.4 Å². The first-order valence-corrected chi connectivity index (χ1v) is 16.9. The van der Waals surface area contributed by atoms with E-state index in [9.17, 15) is 0 Å². The Kier molecular flexibility index (Phi) is 5.99. The topological polar surface area (TPSA) is 41.4 Å². The molecule has 1 aliphatic heterocycles. The third kappa shape index (κ3) is 3.60. The van der Waals surface area contributed by atoms with Crippen molar-refractivity contribution in [2.75, 3.05) is 0 Å². The molecule has 8 bridgehead atoms. The van der Waals surface area contributed by atoms with E-state index in [2.05, 4.69) is 160 Å². The van der Waals surface area contributed by atoms with Crippen molar-refractivity contribution in [2.24, 2.45) is 14.1 Å². The SMILES string of the molecule is CC1=c2c3ccccc3c(n2C)=C(C)c2[nH]c(c3ccccc23)C(C)=c2c3c(C)c(C)ccc3c(n2C)=C(C)c2[nH]c1c1ccccc21. The summed E-state index contributed by atoms with van der Waals surface area (Å²) in [4.78, 5) is 8.02. The molecule has 0 fully saturated rings. The second-order valence-corrected chi connectivity index (χ2v) is 13.8. The quantitative estimate of drug-likeness (QED) is 0.176. The fraction of sp³-hybridized carbons (Fsp3) is 0.182. The average molecular weight is 625 g/mol. The van der Waals surface area contributed by atoms with Crippen molar-refractivity contribution >= 4 is 65.4 Å². The van der Waals surface area contributed by atoms with Crippen molar-refractivity contribution in [3.05, 3.63) is 140 Å². The van der Waals surface area contributed by atoms with Gasteiger partial charge >= 0.3 is 0 Å². The Balaban J connectivity index is 1.64. The fourth-order valence-corrected chi connectivity index (χ4v) is 8.96. The number of rotatable bonds is 0. The van der Waals surface area contributed by atoms with Crippen molar-refractivity contribution in [3.8, 4) is 0 Å². The van der Waals surface area contributed by atoms with Crippen LogP contribution in [0.5, 0.6) is 0 Å². The molecule has 0 amide bonds. The van der Waals surface area contributed by atoms with E-state index >= 15 is 0 Å². The van der Waals surface area contributed by atoms with Crippen LogP contribution in [-0.2, 0) is 14.1 Å². The number of aryl methyl sites for hydroxylation is 2. The zero-order valence-electron chi connectivity index (χ0n) is 29.0. The van der Waals surface area contributed by atoms with Gasteiger partial charge in [-0.1, -0.05) is 84.9 Å². The van der Waals surface area contributed by atoms with Crippen LogP contribution in [0.1, 0.15) is 61.6 Å². The number of fused-ring (bicyclic) bond motifs is 20. The average Bonchev–Trinajstić information content (AvgIpc) is 3.83. The summed E-state index contributed by atoms with van der Waals surface area (Å²) in [5, 5.41) is 15.1. The van der Waals surface area contributed by atoms with Gasteiger partial charge in [0.1, 0.15) is 0 Å². The summed E-state index contributed by atoms with van der Waals surface area (Å²) < 4.78 is 4.87. The summed E-state index contributed by atoms with van der Waals surface area (Å²) in [7, 11) is 4.48. The molecule has 1 aliphatic rings. The Bertz CT molecular complexity index is 2960. The number of hydrogen-bond donors (Lipinski definition) is 2. The van der Waals surface area contributed by atoms with Crippen LogP contribution in [0.25, 0.3) is 65.4 Å². The van der Waals surface area contributed by atoms with E-state index < -0.39 is 0 Å². The Morgan fingerprint density at radius 1 is 0.375 bits per heavy atom. The third-order valence-corrected chi connectivity index (χ3v) is 11.4. The minimum Gasteiger partial charge on any atom is -0.354 e. The molecular weight excluding hydrogens is 585 g/mol. The number of benzene rings is 4. The summed E-state index contributed by atoms with van der Waals surface area (Å²) in [5.74, 6) is 0. The Morgan fingerprint density at radius 2 is 0.708 bits per heavy atom.